The van der Waals surface area contributed by atoms with Crippen molar-refractivity contribution in [1.29, 1.82) is 0 Å². The lowest BCUT2D eigenvalue weighted by Crippen LogP contribution is -1.96. The van der Waals surface area contributed by atoms with E-state index in [2.05, 4.69) is 50.9 Å². The van der Waals surface area contributed by atoms with Crippen LogP contribution < -0.4 is 9.47 Å². The first-order valence-corrected chi connectivity index (χ1v) is 8.68. The topological polar surface area (TPSA) is 18.5 Å². The Morgan fingerprint density at radius 1 is 1.15 bits per heavy atom. The zero-order valence-corrected chi connectivity index (χ0v) is 15.6. The Morgan fingerprint density at radius 2 is 1.85 bits per heavy atom. The van der Waals surface area contributed by atoms with Gasteiger partial charge in [-0.25, -0.2) is 0 Å². The Morgan fingerprint density at radius 3 is 2.40 bits per heavy atom. The van der Waals surface area contributed by atoms with Gasteiger partial charge in [0.15, 0.2) is 11.5 Å². The highest BCUT2D eigenvalue weighted by atomic mass is 79.9. The summed E-state index contributed by atoms with van der Waals surface area (Å²) in [6.45, 7) is 2.12. The molecule has 0 spiro atoms. The summed E-state index contributed by atoms with van der Waals surface area (Å²) in [7, 11) is 3.31. The fraction of sp³-hybridized carbons (Fsp3) is 0.333. The van der Waals surface area contributed by atoms with Crippen LogP contribution in [0.25, 0.3) is 0 Å². The van der Waals surface area contributed by atoms with E-state index in [1.807, 2.05) is 23.5 Å². The van der Waals surface area contributed by atoms with Gasteiger partial charge in [-0.05, 0) is 53.0 Å². The Kier molecular flexibility index (Phi) is 5.52. The summed E-state index contributed by atoms with van der Waals surface area (Å²) in [6, 6.07) is 8.21. The third-order valence-electron chi connectivity index (χ3n) is 2.98. The van der Waals surface area contributed by atoms with Crippen LogP contribution in [0.1, 0.15) is 20.1 Å². The summed E-state index contributed by atoms with van der Waals surface area (Å²) >= 11 is 9.20. The van der Waals surface area contributed by atoms with Crippen molar-refractivity contribution >= 4 is 43.2 Å². The first-order chi connectivity index (χ1) is 9.55. The van der Waals surface area contributed by atoms with E-state index in [9.17, 15) is 0 Å². The summed E-state index contributed by atoms with van der Waals surface area (Å²) in [5, 5.41) is 0. The molecule has 1 aromatic heterocycles. The number of halogens is 2. The van der Waals surface area contributed by atoms with Crippen LogP contribution in [0.4, 0.5) is 0 Å². The molecule has 0 bridgehead atoms. The molecule has 0 N–H and O–H groups in total. The summed E-state index contributed by atoms with van der Waals surface area (Å²) in [5.74, 6) is 1.53. The monoisotopic (exact) mass is 418 g/mol. The summed E-state index contributed by atoms with van der Waals surface area (Å²) in [5.41, 5.74) is 1.21. The van der Waals surface area contributed by atoms with Crippen molar-refractivity contribution in [3.63, 3.8) is 0 Å². The summed E-state index contributed by atoms with van der Waals surface area (Å²) in [4.78, 5) is 2.91. The maximum Gasteiger partial charge on any atom is 0.160 e. The molecule has 0 aliphatic heterocycles. The number of methoxy groups -OCH3 is 2. The lowest BCUT2D eigenvalue weighted by Gasteiger charge is -2.12. The predicted molar refractivity (Wildman–Crippen MR) is 91.7 cm³/mol. The first kappa shape index (κ1) is 15.9. The van der Waals surface area contributed by atoms with Gasteiger partial charge >= 0.3 is 0 Å². The van der Waals surface area contributed by atoms with E-state index in [4.69, 9.17) is 9.47 Å². The van der Waals surface area contributed by atoms with Crippen molar-refractivity contribution < 1.29 is 9.47 Å². The predicted octanol–water partition coefficient (Wildman–Crippen LogP) is 5.51. The van der Waals surface area contributed by atoms with Gasteiger partial charge in [-0.15, -0.1) is 11.3 Å². The van der Waals surface area contributed by atoms with E-state index in [-0.39, 0.29) is 4.83 Å². The maximum absolute atomic E-state index is 5.35. The second-order valence-electron chi connectivity index (χ2n) is 4.43. The van der Waals surface area contributed by atoms with Gasteiger partial charge < -0.3 is 9.47 Å². The Bertz CT molecular complexity index is 596. The molecule has 0 saturated heterocycles. The Balaban J connectivity index is 2.19. The molecule has 2 nitrogen and oxygen atoms in total. The third-order valence-corrected chi connectivity index (χ3v) is 6.15. The van der Waals surface area contributed by atoms with Crippen LogP contribution in [0, 0.1) is 6.92 Å². The minimum Gasteiger partial charge on any atom is -0.493 e. The Labute approximate surface area is 140 Å². The standard InChI is InChI=1S/C15H16Br2O2S/c1-9-6-11(16)15(20-9)12(17)7-10-4-5-13(18-2)14(8-10)19-3/h4-6,8,12H,7H2,1-3H3. The van der Waals surface area contributed by atoms with Crippen molar-refractivity contribution in [1.82, 2.24) is 0 Å². The second kappa shape index (κ2) is 6.96. The molecule has 2 aromatic rings. The van der Waals surface area contributed by atoms with Crippen LogP contribution >= 0.6 is 43.2 Å². The fourth-order valence-corrected chi connectivity index (χ4v) is 5.14. The molecule has 1 heterocycles. The van der Waals surface area contributed by atoms with Crippen molar-refractivity contribution in [2.24, 2.45) is 0 Å². The highest BCUT2D eigenvalue weighted by Crippen LogP contribution is 2.39. The van der Waals surface area contributed by atoms with Gasteiger partial charge in [0.2, 0.25) is 0 Å². The number of alkyl halides is 1. The zero-order valence-electron chi connectivity index (χ0n) is 11.6. The molecule has 0 fully saturated rings. The minimum atomic E-state index is 0.286. The zero-order chi connectivity index (χ0) is 14.7. The van der Waals surface area contributed by atoms with Crippen LogP contribution in [-0.4, -0.2) is 14.2 Å². The molecule has 108 valence electrons. The molecular formula is C15H16Br2O2S. The van der Waals surface area contributed by atoms with Crippen LogP contribution in [-0.2, 0) is 6.42 Å². The second-order valence-corrected chi connectivity index (χ2v) is 7.68. The molecular weight excluding hydrogens is 404 g/mol. The number of thiophene rings is 1. The van der Waals surface area contributed by atoms with Crippen LogP contribution in [0.15, 0.2) is 28.7 Å². The van der Waals surface area contributed by atoms with Crippen LogP contribution in [0.5, 0.6) is 11.5 Å². The van der Waals surface area contributed by atoms with Gasteiger partial charge in [0.05, 0.1) is 19.0 Å². The van der Waals surface area contributed by atoms with Crippen molar-refractivity contribution in [2.45, 2.75) is 18.2 Å². The summed E-state index contributed by atoms with van der Waals surface area (Å²) < 4.78 is 11.8. The molecule has 1 atom stereocenters. The molecule has 0 radical (unpaired) electrons. The molecule has 0 saturated carbocycles. The molecule has 0 aliphatic carbocycles. The van der Waals surface area contributed by atoms with E-state index in [0.717, 1.165) is 17.9 Å². The molecule has 0 amide bonds. The van der Waals surface area contributed by atoms with Gasteiger partial charge in [0.25, 0.3) is 0 Å². The SMILES string of the molecule is COc1ccc(CC(Br)c2sc(C)cc2Br)cc1OC. The van der Waals surface area contributed by atoms with E-state index < -0.39 is 0 Å². The van der Waals surface area contributed by atoms with Gasteiger partial charge in [-0.2, -0.15) is 0 Å². The third kappa shape index (κ3) is 3.57. The molecule has 20 heavy (non-hydrogen) atoms. The van der Waals surface area contributed by atoms with Crippen molar-refractivity contribution in [3.8, 4) is 11.5 Å². The number of hydrogen-bond donors (Lipinski definition) is 0. The number of ether oxygens (including phenoxy) is 2. The lowest BCUT2D eigenvalue weighted by molar-refractivity contribution is 0.354. The van der Waals surface area contributed by atoms with Crippen LogP contribution in [0.3, 0.4) is 0 Å². The van der Waals surface area contributed by atoms with Crippen molar-refractivity contribution in [3.05, 3.63) is 44.1 Å². The van der Waals surface area contributed by atoms with Gasteiger partial charge in [-0.1, -0.05) is 22.0 Å². The molecule has 0 aliphatic rings. The van der Waals surface area contributed by atoms with E-state index in [1.165, 1.54) is 19.8 Å². The fourth-order valence-electron chi connectivity index (χ4n) is 2.02. The van der Waals surface area contributed by atoms with E-state index >= 15 is 0 Å². The summed E-state index contributed by atoms with van der Waals surface area (Å²) in [6.07, 6.45) is 0.902. The maximum atomic E-state index is 5.35. The largest absolute Gasteiger partial charge is 0.493 e. The van der Waals surface area contributed by atoms with E-state index in [1.54, 1.807) is 14.2 Å². The number of aryl methyl sites for hydroxylation is 1. The molecule has 2 rings (SSSR count). The van der Waals surface area contributed by atoms with Crippen molar-refractivity contribution in [2.75, 3.05) is 14.2 Å². The average Bonchev–Trinajstić information content (AvgIpc) is 2.77. The number of benzene rings is 1. The smallest absolute Gasteiger partial charge is 0.160 e. The molecule has 1 aromatic carbocycles. The highest BCUT2D eigenvalue weighted by molar-refractivity contribution is 9.11. The Hall–Kier alpha value is -0.520. The van der Waals surface area contributed by atoms with Gasteiger partial charge in [0.1, 0.15) is 0 Å². The lowest BCUT2D eigenvalue weighted by atomic mass is 10.1. The highest BCUT2D eigenvalue weighted by Gasteiger charge is 2.16. The average molecular weight is 420 g/mol. The first-order valence-electron chi connectivity index (χ1n) is 6.16. The normalized spacial score (nSPS) is 12.2. The van der Waals surface area contributed by atoms with Gasteiger partial charge in [-0.3, -0.25) is 0 Å². The number of hydrogen-bond acceptors (Lipinski definition) is 3. The number of rotatable bonds is 5. The van der Waals surface area contributed by atoms with E-state index in [0.29, 0.717) is 0 Å². The molecule has 1 unspecified atom stereocenters. The quantitative estimate of drug-likeness (QED) is 0.594. The molecule has 5 heteroatoms. The van der Waals surface area contributed by atoms with Gasteiger partial charge in [0, 0.05) is 14.2 Å². The minimum absolute atomic E-state index is 0.286. The van der Waals surface area contributed by atoms with Crippen LogP contribution in [0.2, 0.25) is 0 Å².